The van der Waals surface area contributed by atoms with E-state index >= 15 is 0 Å². The number of nitrogens with zero attached hydrogens (tertiary/aromatic N) is 1. The Labute approximate surface area is 210 Å². The molecular formula is C27H32N4O5. The SMILES string of the molecule is O=C1C[C@H](Cc2ccccc2)NC(=O)[C@@H]2CCCN2C(=O)[C@H](CO)NC(=O)[C@H](Cc2ccccc2)N1. The van der Waals surface area contributed by atoms with Gasteiger partial charge in [-0.15, -0.1) is 0 Å². The van der Waals surface area contributed by atoms with Crippen molar-refractivity contribution >= 4 is 23.6 Å². The highest BCUT2D eigenvalue weighted by Crippen LogP contribution is 2.20. The van der Waals surface area contributed by atoms with Gasteiger partial charge in [-0.25, -0.2) is 0 Å². The van der Waals surface area contributed by atoms with Crippen molar-refractivity contribution in [2.24, 2.45) is 0 Å². The van der Waals surface area contributed by atoms with Crippen molar-refractivity contribution in [3.8, 4) is 0 Å². The van der Waals surface area contributed by atoms with Gasteiger partial charge in [-0.1, -0.05) is 60.7 Å². The van der Waals surface area contributed by atoms with E-state index in [4.69, 9.17) is 0 Å². The molecule has 2 aromatic rings. The van der Waals surface area contributed by atoms with Crippen molar-refractivity contribution in [2.45, 2.75) is 56.3 Å². The summed E-state index contributed by atoms with van der Waals surface area (Å²) in [6.07, 6.45) is 1.73. The van der Waals surface area contributed by atoms with Gasteiger partial charge in [0.25, 0.3) is 0 Å². The highest BCUT2D eigenvalue weighted by atomic mass is 16.3. The van der Waals surface area contributed by atoms with Crippen LogP contribution >= 0.6 is 0 Å². The molecule has 0 bridgehead atoms. The van der Waals surface area contributed by atoms with Gasteiger partial charge in [0.1, 0.15) is 18.1 Å². The van der Waals surface area contributed by atoms with E-state index in [0.29, 0.717) is 25.8 Å². The number of hydrogen-bond acceptors (Lipinski definition) is 5. The molecule has 190 valence electrons. The molecule has 2 saturated heterocycles. The lowest BCUT2D eigenvalue weighted by Crippen LogP contribution is -2.57. The Bertz CT molecular complexity index is 1080. The predicted molar refractivity (Wildman–Crippen MR) is 133 cm³/mol. The molecule has 4 amide bonds. The van der Waals surface area contributed by atoms with Gasteiger partial charge < -0.3 is 26.0 Å². The van der Waals surface area contributed by atoms with Crippen molar-refractivity contribution in [1.82, 2.24) is 20.9 Å². The van der Waals surface area contributed by atoms with Gasteiger partial charge in [-0.3, -0.25) is 19.2 Å². The maximum atomic E-state index is 13.2. The molecule has 36 heavy (non-hydrogen) atoms. The third kappa shape index (κ3) is 6.28. The van der Waals surface area contributed by atoms with Crippen LogP contribution in [0.4, 0.5) is 0 Å². The van der Waals surface area contributed by atoms with Crippen molar-refractivity contribution in [3.05, 3.63) is 71.8 Å². The summed E-state index contributed by atoms with van der Waals surface area (Å²) in [6, 6.07) is 15.4. The highest BCUT2D eigenvalue weighted by molar-refractivity contribution is 5.95. The number of aliphatic hydroxyl groups is 1. The molecule has 9 heteroatoms. The van der Waals surface area contributed by atoms with E-state index in [2.05, 4.69) is 16.0 Å². The first-order chi connectivity index (χ1) is 17.4. The smallest absolute Gasteiger partial charge is 0.248 e. The largest absolute Gasteiger partial charge is 0.394 e. The Hall–Kier alpha value is -3.72. The summed E-state index contributed by atoms with van der Waals surface area (Å²) in [7, 11) is 0. The second kappa shape index (κ2) is 11.8. The van der Waals surface area contributed by atoms with Gasteiger partial charge in [0, 0.05) is 25.4 Å². The van der Waals surface area contributed by atoms with Crippen LogP contribution < -0.4 is 16.0 Å². The minimum absolute atomic E-state index is 0.0245. The first kappa shape index (κ1) is 25.4. The summed E-state index contributed by atoms with van der Waals surface area (Å²) in [5.74, 6) is -1.79. The number of benzene rings is 2. The molecule has 0 spiro atoms. The van der Waals surface area contributed by atoms with Crippen LogP contribution in [-0.2, 0) is 32.0 Å². The van der Waals surface area contributed by atoms with Gasteiger partial charge in [-0.2, -0.15) is 0 Å². The third-order valence-electron chi connectivity index (χ3n) is 6.67. The van der Waals surface area contributed by atoms with Crippen LogP contribution in [0.25, 0.3) is 0 Å². The second-order valence-corrected chi connectivity index (χ2v) is 9.34. The normalized spacial score (nSPS) is 25.5. The summed E-state index contributed by atoms with van der Waals surface area (Å²) in [4.78, 5) is 54.2. The lowest BCUT2D eigenvalue weighted by molar-refractivity contribution is -0.142. The number of nitrogens with one attached hydrogen (secondary N) is 3. The van der Waals surface area contributed by atoms with Crippen LogP contribution in [0.3, 0.4) is 0 Å². The van der Waals surface area contributed by atoms with E-state index in [0.717, 1.165) is 11.1 Å². The molecule has 4 atom stereocenters. The fraction of sp³-hybridized carbons (Fsp3) is 0.407. The van der Waals surface area contributed by atoms with Crippen LogP contribution in [-0.4, -0.2) is 71.0 Å². The molecule has 2 aromatic carbocycles. The van der Waals surface area contributed by atoms with E-state index in [1.165, 1.54) is 4.90 Å². The van der Waals surface area contributed by atoms with Crippen LogP contribution in [0, 0.1) is 0 Å². The van der Waals surface area contributed by atoms with Gasteiger partial charge in [0.05, 0.1) is 6.61 Å². The zero-order valence-electron chi connectivity index (χ0n) is 20.1. The molecule has 2 aliphatic heterocycles. The zero-order valence-corrected chi connectivity index (χ0v) is 20.1. The average molecular weight is 493 g/mol. The molecule has 0 aliphatic carbocycles. The molecule has 0 radical (unpaired) electrons. The second-order valence-electron chi connectivity index (χ2n) is 9.34. The molecule has 0 unspecified atom stereocenters. The highest BCUT2D eigenvalue weighted by Gasteiger charge is 2.39. The molecule has 4 N–H and O–H groups in total. The molecular weight excluding hydrogens is 460 g/mol. The minimum Gasteiger partial charge on any atom is -0.394 e. The van der Waals surface area contributed by atoms with E-state index in [1.54, 1.807) is 0 Å². The Morgan fingerprint density at radius 2 is 1.42 bits per heavy atom. The molecule has 9 nitrogen and oxygen atoms in total. The molecule has 2 aliphatic rings. The first-order valence-electron chi connectivity index (χ1n) is 12.3. The van der Waals surface area contributed by atoms with Crippen LogP contribution in [0.15, 0.2) is 60.7 Å². The fourth-order valence-corrected chi connectivity index (χ4v) is 4.87. The Kier molecular flexibility index (Phi) is 8.32. The van der Waals surface area contributed by atoms with Crippen molar-refractivity contribution in [1.29, 1.82) is 0 Å². The number of carbonyl (C=O) groups is 4. The number of fused-ring (bicyclic) bond motifs is 1. The maximum absolute atomic E-state index is 13.2. The molecule has 2 fully saturated rings. The quantitative estimate of drug-likeness (QED) is 0.478. The molecule has 0 aromatic heterocycles. The minimum atomic E-state index is -1.21. The summed E-state index contributed by atoms with van der Waals surface area (Å²) >= 11 is 0. The fourth-order valence-electron chi connectivity index (χ4n) is 4.87. The summed E-state index contributed by atoms with van der Waals surface area (Å²) < 4.78 is 0. The number of aliphatic hydroxyl groups excluding tert-OH is 1. The number of amides is 4. The van der Waals surface area contributed by atoms with Crippen molar-refractivity contribution < 1.29 is 24.3 Å². The summed E-state index contributed by atoms with van der Waals surface area (Å²) in [5, 5.41) is 18.3. The molecule has 0 saturated carbocycles. The van der Waals surface area contributed by atoms with E-state index in [-0.39, 0.29) is 24.7 Å². The number of carbonyl (C=O) groups excluding carboxylic acids is 4. The lowest BCUT2D eigenvalue weighted by atomic mass is 10.0. The third-order valence-corrected chi connectivity index (χ3v) is 6.67. The number of hydrogen-bond donors (Lipinski definition) is 4. The Balaban J connectivity index is 1.63. The van der Waals surface area contributed by atoms with Crippen LogP contribution in [0.1, 0.15) is 30.4 Å². The van der Waals surface area contributed by atoms with Crippen LogP contribution in [0.2, 0.25) is 0 Å². The van der Waals surface area contributed by atoms with Gasteiger partial charge in [-0.05, 0) is 30.4 Å². The summed E-state index contributed by atoms with van der Waals surface area (Å²) in [6.45, 7) is -0.255. The van der Waals surface area contributed by atoms with E-state index in [9.17, 15) is 24.3 Å². The zero-order chi connectivity index (χ0) is 25.5. The van der Waals surface area contributed by atoms with Crippen LogP contribution in [0.5, 0.6) is 0 Å². The molecule has 2 heterocycles. The monoisotopic (exact) mass is 492 g/mol. The van der Waals surface area contributed by atoms with E-state index < -0.39 is 42.6 Å². The lowest BCUT2D eigenvalue weighted by Gasteiger charge is -2.29. The van der Waals surface area contributed by atoms with E-state index in [1.807, 2.05) is 60.7 Å². The average Bonchev–Trinajstić information content (AvgIpc) is 3.37. The first-order valence-corrected chi connectivity index (χ1v) is 12.3. The van der Waals surface area contributed by atoms with Gasteiger partial charge in [0.15, 0.2) is 0 Å². The summed E-state index contributed by atoms with van der Waals surface area (Å²) in [5.41, 5.74) is 1.79. The van der Waals surface area contributed by atoms with Crippen molar-refractivity contribution in [2.75, 3.05) is 13.2 Å². The topological polar surface area (TPSA) is 128 Å². The van der Waals surface area contributed by atoms with Gasteiger partial charge in [0.2, 0.25) is 23.6 Å². The molecule has 4 rings (SSSR count). The predicted octanol–water partition coefficient (Wildman–Crippen LogP) is 0.313. The Morgan fingerprint density at radius 3 is 2.06 bits per heavy atom. The standard InChI is InChI=1S/C27H32N4O5/c32-17-22-27(36)31-13-7-12-23(31)26(35)28-20(14-18-8-3-1-4-9-18)16-24(33)29-21(25(34)30-22)15-19-10-5-2-6-11-19/h1-6,8-11,20-23,32H,7,12-17H2,(H,28,35)(H,29,33)(H,30,34)/t20-,21-,22-,23-/m0/s1. The van der Waals surface area contributed by atoms with Crippen molar-refractivity contribution in [3.63, 3.8) is 0 Å². The number of rotatable bonds is 5. The Morgan fingerprint density at radius 1 is 0.778 bits per heavy atom. The van der Waals surface area contributed by atoms with Gasteiger partial charge >= 0.3 is 0 Å². The maximum Gasteiger partial charge on any atom is 0.248 e.